The maximum atomic E-state index is 14.7. The molecule has 0 radical (unpaired) electrons. The minimum absolute atomic E-state index is 0.0230. The minimum Gasteiger partial charge on any atom is -0.358 e. The second-order valence-electron chi connectivity index (χ2n) is 14.6. The molecule has 15 heteroatoms. The molecule has 56 heavy (non-hydrogen) atoms. The van der Waals surface area contributed by atoms with E-state index in [0.29, 0.717) is 24.1 Å². The fourth-order valence-corrected chi connectivity index (χ4v) is 7.05. The van der Waals surface area contributed by atoms with Crippen LogP contribution in [0.4, 0.5) is 22.4 Å². The average Bonchev–Trinajstić information content (AvgIpc) is 3.55. The first-order valence-electron chi connectivity index (χ1n) is 18.9. The van der Waals surface area contributed by atoms with Gasteiger partial charge in [-0.1, -0.05) is 70.9 Å². The fraction of sp³-hybridized carbons (Fsp3) is 0.439. The molecule has 1 aliphatic rings. The molecule has 5 rings (SSSR count). The Hall–Kier alpha value is -5.47. The van der Waals surface area contributed by atoms with Gasteiger partial charge >= 0.3 is 12.2 Å². The van der Waals surface area contributed by atoms with Crippen molar-refractivity contribution in [3.63, 3.8) is 0 Å². The summed E-state index contributed by atoms with van der Waals surface area (Å²) < 4.78 is 56.7. The van der Waals surface area contributed by atoms with Crippen molar-refractivity contribution in [2.24, 2.45) is 11.8 Å². The predicted octanol–water partition coefficient (Wildman–Crippen LogP) is 5.87. The molecule has 0 saturated carbocycles. The Morgan fingerprint density at radius 1 is 0.911 bits per heavy atom. The van der Waals surface area contributed by atoms with Crippen molar-refractivity contribution in [3.8, 4) is 0 Å². The van der Waals surface area contributed by atoms with Crippen molar-refractivity contribution in [2.75, 3.05) is 6.54 Å². The van der Waals surface area contributed by atoms with Gasteiger partial charge in [0.15, 0.2) is 0 Å². The number of pyridine rings is 1. The van der Waals surface area contributed by atoms with Crippen LogP contribution in [0.15, 0.2) is 67.0 Å². The van der Waals surface area contributed by atoms with E-state index in [0.717, 1.165) is 11.6 Å². The molecule has 6 N–H and O–H groups in total. The van der Waals surface area contributed by atoms with Gasteiger partial charge in [-0.2, -0.15) is 13.2 Å². The molecule has 1 aliphatic carbocycles. The summed E-state index contributed by atoms with van der Waals surface area (Å²) in [6, 6.07) is 11.0. The number of H-pyrrole nitrogens is 1. The van der Waals surface area contributed by atoms with Crippen molar-refractivity contribution < 1.29 is 36.7 Å². The number of fused-ring (bicyclic) bond motifs is 3. The first kappa shape index (κ1) is 41.7. The lowest BCUT2D eigenvalue weighted by Crippen LogP contribution is -2.67. The third-order valence-corrected chi connectivity index (χ3v) is 10.9. The van der Waals surface area contributed by atoms with Crippen LogP contribution in [0.3, 0.4) is 0 Å². The molecule has 2 unspecified atom stereocenters. The Bertz CT molecular complexity index is 2020. The lowest BCUT2D eigenvalue weighted by molar-refractivity contribution is -0.137. The number of carbonyl (C=O) groups excluding carboxylic acids is 4. The summed E-state index contributed by atoms with van der Waals surface area (Å²) >= 11 is 0. The van der Waals surface area contributed by atoms with Gasteiger partial charge in [0.2, 0.25) is 17.7 Å². The van der Waals surface area contributed by atoms with Gasteiger partial charge in [0.1, 0.15) is 17.4 Å². The van der Waals surface area contributed by atoms with Gasteiger partial charge in [0.25, 0.3) is 0 Å². The van der Waals surface area contributed by atoms with E-state index in [1.54, 1.807) is 43.6 Å². The van der Waals surface area contributed by atoms with Gasteiger partial charge in [0, 0.05) is 49.0 Å². The van der Waals surface area contributed by atoms with E-state index in [1.165, 1.54) is 24.3 Å². The summed E-state index contributed by atoms with van der Waals surface area (Å²) in [5.74, 6) is -2.96. The molecular weight excluding hydrogens is 730 g/mol. The van der Waals surface area contributed by atoms with Crippen LogP contribution in [-0.2, 0) is 46.4 Å². The highest BCUT2D eigenvalue weighted by Crippen LogP contribution is 2.40. The van der Waals surface area contributed by atoms with Crippen molar-refractivity contribution >= 4 is 34.7 Å². The molecule has 300 valence electrons. The van der Waals surface area contributed by atoms with E-state index in [2.05, 4.69) is 36.6 Å². The van der Waals surface area contributed by atoms with Gasteiger partial charge < -0.3 is 31.6 Å². The summed E-state index contributed by atoms with van der Waals surface area (Å²) in [7, 11) is 0. The van der Waals surface area contributed by atoms with Gasteiger partial charge in [-0.05, 0) is 65.6 Å². The monoisotopic (exact) mass is 779 g/mol. The molecule has 5 amide bonds. The Morgan fingerprint density at radius 2 is 1.62 bits per heavy atom. The highest BCUT2D eigenvalue weighted by Gasteiger charge is 2.47. The number of alkyl halides is 3. The first-order valence-corrected chi connectivity index (χ1v) is 18.9. The molecule has 0 fully saturated rings. The molecule has 4 aromatic rings. The highest BCUT2D eigenvalue weighted by atomic mass is 19.4. The number of rotatable bonds is 15. The summed E-state index contributed by atoms with van der Waals surface area (Å²) in [4.78, 5) is 62.0. The van der Waals surface area contributed by atoms with Crippen molar-refractivity contribution in [1.82, 2.24) is 36.6 Å². The zero-order valence-corrected chi connectivity index (χ0v) is 31.9. The molecule has 2 aromatic carbocycles. The number of aromatic amines is 1. The molecule has 2 heterocycles. The molecule has 5 atom stereocenters. The Morgan fingerprint density at radius 3 is 2.30 bits per heavy atom. The van der Waals surface area contributed by atoms with E-state index in [-0.39, 0.29) is 61.2 Å². The number of urea groups is 1. The van der Waals surface area contributed by atoms with Crippen LogP contribution in [-0.4, -0.2) is 57.9 Å². The van der Waals surface area contributed by atoms with Crippen LogP contribution >= 0.6 is 0 Å². The lowest BCUT2D eigenvalue weighted by atomic mass is 9.78. The van der Waals surface area contributed by atoms with E-state index >= 15 is 0 Å². The third kappa shape index (κ3) is 9.84. The third-order valence-electron chi connectivity index (χ3n) is 10.9. The number of amides is 5. The van der Waals surface area contributed by atoms with Gasteiger partial charge in [-0.3, -0.25) is 19.4 Å². The van der Waals surface area contributed by atoms with E-state index in [1.807, 2.05) is 20.8 Å². The van der Waals surface area contributed by atoms with Crippen LogP contribution < -0.4 is 26.6 Å². The number of aromatic nitrogens is 2. The number of hydrogen-bond acceptors (Lipinski definition) is 5. The SMILES string of the molecule is CCC(C)[C@H](NC(=O)Cc1ccccc1F)C(=O)N[C@]1(C(=O)NC(CNC(=O)NCc2ccncc2)[C@@H](C)CC)CCc2[nH]c3c(C(F)(F)F)cccc3c2C1. The Balaban J connectivity index is 1.44. The van der Waals surface area contributed by atoms with Crippen LogP contribution in [0.5, 0.6) is 0 Å². The van der Waals surface area contributed by atoms with Gasteiger partial charge in [0.05, 0.1) is 17.5 Å². The zero-order chi connectivity index (χ0) is 40.6. The number of nitrogens with one attached hydrogen (secondary N) is 6. The quantitative estimate of drug-likeness (QED) is 0.0833. The standard InChI is InChI=1S/C41H49F4N7O4/c1-5-24(3)33(23-48-39(56)47-22-26-15-18-46-19-16-26)50-38(55)40(17-14-32-29(21-40)28-11-9-12-30(36(28)49-32)41(43,44)45)52-37(54)35(25(4)6-2)51-34(53)20-27-10-7-8-13-31(27)42/h7-13,15-16,18-19,24-25,33,35,49H,5-6,14,17,20-23H2,1-4H3,(H,50,55)(H,51,53)(H,52,54)(H2,47,48,56)/t24-,25?,33?,35-,40+/m0/s1. The topological polar surface area (TPSA) is 157 Å². The number of benzene rings is 2. The summed E-state index contributed by atoms with van der Waals surface area (Å²) in [6.45, 7) is 7.74. The first-order chi connectivity index (χ1) is 26.7. The van der Waals surface area contributed by atoms with Crippen molar-refractivity contribution in [1.29, 1.82) is 0 Å². The predicted molar refractivity (Wildman–Crippen MR) is 204 cm³/mol. The number of aryl methyl sites for hydroxylation is 1. The number of hydrogen-bond donors (Lipinski definition) is 6. The number of para-hydroxylation sites is 1. The second kappa shape index (κ2) is 18.0. The Labute approximate surface area is 323 Å². The van der Waals surface area contributed by atoms with Crippen LogP contribution in [0, 0.1) is 17.7 Å². The van der Waals surface area contributed by atoms with Crippen LogP contribution in [0.2, 0.25) is 0 Å². The molecule has 0 aliphatic heterocycles. The maximum absolute atomic E-state index is 14.7. The number of nitrogens with zero attached hydrogens (tertiary/aromatic N) is 1. The minimum atomic E-state index is -4.64. The van der Waals surface area contributed by atoms with E-state index < -0.39 is 64.9 Å². The number of carbonyl (C=O) groups is 4. The van der Waals surface area contributed by atoms with E-state index in [4.69, 9.17) is 0 Å². The highest BCUT2D eigenvalue weighted by molar-refractivity contribution is 5.97. The van der Waals surface area contributed by atoms with E-state index in [9.17, 15) is 36.7 Å². The maximum Gasteiger partial charge on any atom is 0.418 e. The van der Waals surface area contributed by atoms with Crippen molar-refractivity contribution in [3.05, 3.63) is 101 Å². The van der Waals surface area contributed by atoms with Gasteiger partial charge in [-0.25, -0.2) is 9.18 Å². The second-order valence-corrected chi connectivity index (χ2v) is 14.6. The van der Waals surface area contributed by atoms with Gasteiger partial charge in [-0.15, -0.1) is 0 Å². The Kier molecular flexibility index (Phi) is 13.4. The molecular formula is C41H49F4N7O4. The largest absolute Gasteiger partial charge is 0.418 e. The smallest absolute Gasteiger partial charge is 0.358 e. The lowest BCUT2D eigenvalue weighted by Gasteiger charge is -2.40. The normalized spacial score (nSPS) is 17.5. The van der Waals surface area contributed by atoms with Crippen LogP contribution in [0.25, 0.3) is 10.9 Å². The molecule has 0 saturated heterocycles. The van der Waals surface area contributed by atoms with Crippen molar-refractivity contribution in [2.45, 2.75) is 96.6 Å². The van der Waals surface area contributed by atoms with Crippen LogP contribution in [0.1, 0.15) is 74.9 Å². The number of halogens is 4. The average molecular weight is 780 g/mol. The zero-order valence-electron chi connectivity index (χ0n) is 31.9. The fourth-order valence-electron chi connectivity index (χ4n) is 7.05. The molecule has 0 spiro atoms. The molecule has 0 bridgehead atoms. The summed E-state index contributed by atoms with van der Waals surface area (Å²) in [5.41, 5.74) is -0.632. The summed E-state index contributed by atoms with van der Waals surface area (Å²) in [6.07, 6.45) is -0.631. The summed E-state index contributed by atoms with van der Waals surface area (Å²) in [5, 5.41) is 14.6. The molecule has 11 nitrogen and oxygen atoms in total. The molecule has 2 aromatic heterocycles.